The Bertz CT molecular complexity index is 598. The van der Waals surface area contributed by atoms with Crippen molar-refractivity contribution in [1.82, 2.24) is 4.57 Å². The quantitative estimate of drug-likeness (QED) is 0.890. The number of nitrogens with two attached hydrogens (primary N) is 1. The summed E-state index contributed by atoms with van der Waals surface area (Å²) in [5, 5.41) is 9.02. The van der Waals surface area contributed by atoms with Gasteiger partial charge in [0.15, 0.2) is 0 Å². The summed E-state index contributed by atoms with van der Waals surface area (Å²) in [7, 11) is 0. The van der Waals surface area contributed by atoms with Gasteiger partial charge in [-0.15, -0.1) is 0 Å². The van der Waals surface area contributed by atoms with Crippen LogP contribution in [0.1, 0.15) is 5.56 Å². The topological polar surface area (TPSA) is 54.7 Å². The van der Waals surface area contributed by atoms with Crippen molar-refractivity contribution in [3.05, 3.63) is 47.0 Å². The molecular formula is C12H9ClFN3. The highest BCUT2D eigenvalue weighted by Gasteiger charge is 2.14. The zero-order chi connectivity index (χ0) is 12.4. The molecule has 0 aliphatic heterocycles. The molecule has 1 aromatic heterocycles. The summed E-state index contributed by atoms with van der Waals surface area (Å²) in [5.74, 6) is -0.527. The number of nitriles is 1. The Morgan fingerprint density at radius 2 is 2.12 bits per heavy atom. The maximum atomic E-state index is 13.8. The minimum Gasteiger partial charge on any atom is -0.339 e. The Morgan fingerprint density at radius 1 is 1.35 bits per heavy atom. The number of halogens is 2. The van der Waals surface area contributed by atoms with Crippen LogP contribution in [0.3, 0.4) is 0 Å². The molecule has 0 atom stereocenters. The van der Waals surface area contributed by atoms with Gasteiger partial charge in [0.2, 0.25) is 0 Å². The first-order valence-corrected chi connectivity index (χ1v) is 5.29. The first kappa shape index (κ1) is 11.6. The number of hydrogen-bond donors (Lipinski definition) is 1. The van der Waals surface area contributed by atoms with Crippen LogP contribution >= 0.6 is 11.6 Å². The van der Waals surface area contributed by atoms with Crippen molar-refractivity contribution in [3.8, 4) is 17.2 Å². The molecule has 2 N–H and O–H groups in total. The van der Waals surface area contributed by atoms with E-state index in [1.54, 1.807) is 29.1 Å². The maximum Gasteiger partial charge on any atom is 0.149 e. The summed E-state index contributed by atoms with van der Waals surface area (Å²) in [6.07, 6.45) is 3.21. The van der Waals surface area contributed by atoms with Crippen LogP contribution in [0.4, 0.5) is 4.39 Å². The van der Waals surface area contributed by atoms with E-state index < -0.39 is 5.82 Å². The molecule has 0 unspecified atom stereocenters. The van der Waals surface area contributed by atoms with E-state index in [9.17, 15) is 4.39 Å². The smallest absolute Gasteiger partial charge is 0.149 e. The molecule has 0 radical (unpaired) electrons. The van der Waals surface area contributed by atoms with Crippen LogP contribution < -0.4 is 5.73 Å². The molecule has 0 amide bonds. The average Bonchev–Trinajstić information content (AvgIpc) is 2.76. The molecule has 17 heavy (non-hydrogen) atoms. The second kappa shape index (κ2) is 4.58. The highest BCUT2D eigenvalue weighted by atomic mass is 35.5. The minimum atomic E-state index is -0.527. The van der Waals surface area contributed by atoms with Gasteiger partial charge in [-0.2, -0.15) is 5.26 Å². The third-order valence-electron chi connectivity index (χ3n) is 2.45. The summed E-state index contributed by atoms with van der Waals surface area (Å²) in [6, 6.07) is 6.70. The fourth-order valence-corrected chi connectivity index (χ4v) is 1.80. The second-order valence-electron chi connectivity index (χ2n) is 3.50. The predicted molar refractivity (Wildman–Crippen MR) is 63.7 cm³/mol. The summed E-state index contributed by atoms with van der Waals surface area (Å²) in [5.41, 5.74) is 6.64. The highest BCUT2D eigenvalue weighted by molar-refractivity contribution is 6.31. The number of hydrogen-bond acceptors (Lipinski definition) is 2. The van der Waals surface area contributed by atoms with E-state index in [1.807, 2.05) is 6.07 Å². The van der Waals surface area contributed by atoms with Crippen LogP contribution in [0.25, 0.3) is 11.1 Å². The van der Waals surface area contributed by atoms with Crippen molar-refractivity contribution >= 4 is 11.6 Å². The highest BCUT2D eigenvalue weighted by Crippen LogP contribution is 2.30. The predicted octanol–water partition coefficient (Wildman–Crippen LogP) is 2.74. The average molecular weight is 250 g/mol. The van der Waals surface area contributed by atoms with Gasteiger partial charge in [-0.3, -0.25) is 0 Å². The van der Waals surface area contributed by atoms with Crippen molar-refractivity contribution in [2.24, 2.45) is 5.73 Å². The van der Waals surface area contributed by atoms with E-state index in [4.69, 9.17) is 22.6 Å². The van der Waals surface area contributed by atoms with Gasteiger partial charge in [-0.05, 0) is 6.07 Å². The number of benzene rings is 1. The monoisotopic (exact) mass is 249 g/mol. The van der Waals surface area contributed by atoms with Gasteiger partial charge in [0.1, 0.15) is 11.9 Å². The normalized spacial score (nSPS) is 10.2. The zero-order valence-electron chi connectivity index (χ0n) is 8.82. The summed E-state index contributed by atoms with van der Waals surface area (Å²) >= 11 is 5.71. The first-order chi connectivity index (χ1) is 8.17. The van der Waals surface area contributed by atoms with Crippen LogP contribution in [0.5, 0.6) is 0 Å². The van der Waals surface area contributed by atoms with Crippen molar-refractivity contribution in [2.45, 2.75) is 6.67 Å². The SMILES string of the molecule is N#Cc1cn(CN)cc1-c1cccc(Cl)c1F. The number of nitrogens with zero attached hydrogens (tertiary/aromatic N) is 2. The van der Waals surface area contributed by atoms with Gasteiger partial charge >= 0.3 is 0 Å². The molecule has 0 spiro atoms. The largest absolute Gasteiger partial charge is 0.339 e. The molecule has 1 heterocycles. The van der Waals surface area contributed by atoms with E-state index in [0.717, 1.165) is 0 Å². The standard InChI is InChI=1S/C12H9ClFN3/c13-11-3-1-2-9(12(11)14)10-6-17(7-16)5-8(10)4-15/h1-3,5-6H,7,16H2. The molecular weight excluding hydrogens is 241 g/mol. The number of rotatable bonds is 2. The van der Waals surface area contributed by atoms with Crippen molar-refractivity contribution in [1.29, 1.82) is 5.26 Å². The van der Waals surface area contributed by atoms with Gasteiger partial charge in [-0.1, -0.05) is 23.7 Å². The van der Waals surface area contributed by atoms with Gasteiger partial charge in [0, 0.05) is 23.5 Å². The molecule has 0 saturated carbocycles. The van der Waals surface area contributed by atoms with Crippen LogP contribution in [0.15, 0.2) is 30.6 Å². The summed E-state index contributed by atoms with van der Waals surface area (Å²) in [4.78, 5) is 0. The van der Waals surface area contributed by atoms with E-state index >= 15 is 0 Å². The van der Waals surface area contributed by atoms with Gasteiger partial charge < -0.3 is 10.3 Å². The van der Waals surface area contributed by atoms with Crippen LogP contribution in [0, 0.1) is 17.1 Å². The molecule has 5 heteroatoms. The van der Waals surface area contributed by atoms with Crippen LogP contribution in [0.2, 0.25) is 5.02 Å². The lowest BCUT2D eigenvalue weighted by Crippen LogP contribution is -2.03. The molecule has 0 aliphatic rings. The molecule has 0 bridgehead atoms. The summed E-state index contributed by atoms with van der Waals surface area (Å²) in [6.45, 7) is 0.233. The lowest BCUT2D eigenvalue weighted by Gasteiger charge is -2.02. The first-order valence-electron chi connectivity index (χ1n) is 4.91. The third-order valence-corrected chi connectivity index (χ3v) is 2.74. The van der Waals surface area contributed by atoms with E-state index in [2.05, 4.69) is 0 Å². The van der Waals surface area contributed by atoms with Crippen LogP contribution in [-0.2, 0) is 6.67 Å². The second-order valence-corrected chi connectivity index (χ2v) is 3.90. The van der Waals surface area contributed by atoms with Gasteiger partial charge in [0.25, 0.3) is 0 Å². The Morgan fingerprint density at radius 3 is 2.76 bits per heavy atom. The number of aromatic nitrogens is 1. The van der Waals surface area contributed by atoms with Crippen molar-refractivity contribution < 1.29 is 4.39 Å². The third kappa shape index (κ3) is 2.03. The van der Waals surface area contributed by atoms with Gasteiger partial charge in [0.05, 0.1) is 17.3 Å². The molecule has 0 aliphatic carbocycles. The fraction of sp³-hybridized carbons (Fsp3) is 0.0833. The molecule has 3 nitrogen and oxygen atoms in total. The van der Waals surface area contributed by atoms with Crippen molar-refractivity contribution in [3.63, 3.8) is 0 Å². The van der Waals surface area contributed by atoms with E-state index in [0.29, 0.717) is 16.7 Å². The molecule has 2 aromatic rings. The Labute approximate surface area is 103 Å². The molecule has 0 fully saturated rings. The van der Waals surface area contributed by atoms with E-state index in [1.165, 1.54) is 6.07 Å². The molecule has 1 aromatic carbocycles. The minimum absolute atomic E-state index is 0.0342. The van der Waals surface area contributed by atoms with Gasteiger partial charge in [-0.25, -0.2) is 4.39 Å². The lowest BCUT2D eigenvalue weighted by atomic mass is 10.1. The Hall–Kier alpha value is -1.83. The summed E-state index contributed by atoms with van der Waals surface area (Å²) < 4.78 is 15.5. The molecule has 2 rings (SSSR count). The maximum absolute atomic E-state index is 13.8. The van der Waals surface area contributed by atoms with Crippen LogP contribution in [-0.4, -0.2) is 4.57 Å². The van der Waals surface area contributed by atoms with E-state index in [-0.39, 0.29) is 11.7 Å². The Balaban J connectivity index is 2.64. The Kier molecular flexibility index (Phi) is 3.14. The fourth-order valence-electron chi connectivity index (χ4n) is 1.63. The molecule has 0 saturated heterocycles. The van der Waals surface area contributed by atoms with Crippen molar-refractivity contribution in [2.75, 3.05) is 0 Å². The zero-order valence-corrected chi connectivity index (χ0v) is 9.58. The molecule has 86 valence electrons. The lowest BCUT2D eigenvalue weighted by molar-refractivity contribution is 0.631.